The second-order valence-corrected chi connectivity index (χ2v) is 14.7. The largest absolute Gasteiger partial charge is 0.494 e. The molecule has 0 bridgehead atoms. The molecule has 7 heteroatoms. The Labute approximate surface area is 371 Å². The minimum Gasteiger partial charge on any atom is -0.494 e. The molecule has 0 aromatic heterocycles. The van der Waals surface area contributed by atoms with Crippen molar-refractivity contribution in [1.82, 2.24) is 0 Å². The van der Waals surface area contributed by atoms with Gasteiger partial charge in [0.05, 0.1) is 26.4 Å². The van der Waals surface area contributed by atoms with Gasteiger partial charge in [-0.3, -0.25) is 0 Å². The molecular weight excluding hydrogens is 779 g/mol. The minimum absolute atomic E-state index is 0.612. The molecule has 316 valence electrons. The van der Waals surface area contributed by atoms with Gasteiger partial charge in [-0.25, -0.2) is 0 Å². The molecule has 0 atom stereocenters. The summed E-state index contributed by atoms with van der Waals surface area (Å²) in [6.45, 7) is 10.4. The molecule has 0 aliphatic heterocycles. The summed E-state index contributed by atoms with van der Waals surface area (Å²) in [5, 5.41) is 0. The van der Waals surface area contributed by atoms with Crippen LogP contribution in [0.5, 0.6) is 23.0 Å². The van der Waals surface area contributed by atoms with Crippen molar-refractivity contribution in [3.63, 3.8) is 0 Å². The zero-order chi connectivity index (χ0) is 43.4. The maximum absolute atomic E-state index is 5.79. The van der Waals surface area contributed by atoms with Gasteiger partial charge >= 0.3 is 0 Å². The van der Waals surface area contributed by atoms with Gasteiger partial charge in [0, 0.05) is 51.2 Å². The molecule has 0 N–H and O–H groups in total. The lowest BCUT2D eigenvalue weighted by molar-refractivity contribution is 0.340. The van der Waals surface area contributed by atoms with Crippen LogP contribution in [0.1, 0.15) is 27.7 Å². The van der Waals surface area contributed by atoms with Crippen molar-refractivity contribution in [1.29, 1.82) is 0 Å². The normalized spacial score (nSPS) is 10.8. The topological polar surface area (TPSA) is 46.6 Å². The smallest absolute Gasteiger partial charge is 0.119 e. The van der Waals surface area contributed by atoms with Crippen LogP contribution in [-0.4, -0.2) is 26.4 Å². The summed E-state index contributed by atoms with van der Waals surface area (Å²) < 4.78 is 23.2. The average molecular weight is 832 g/mol. The summed E-state index contributed by atoms with van der Waals surface area (Å²) in [5.41, 5.74) is 11.5. The number of hydrogen-bond acceptors (Lipinski definition) is 7. The first-order valence-electron chi connectivity index (χ1n) is 21.7. The Kier molecular flexibility index (Phi) is 13.5. The molecule has 0 radical (unpaired) electrons. The van der Waals surface area contributed by atoms with E-state index in [1.165, 1.54) is 5.56 Å². The molecule has 0 saturated carbocycles. The van der Waals surface area contributed by atoms with Gasteiger partial charge in [-0.1, -0.05) is 42.5 Å². The second kappa shape index (κ2) is 20.3. The van der Waals surface area contributed by atoms with E-state index in [4.69, 9.17) is 18.9 Å². The van der Waals surface area contributed by atoms with Crippen LogP contribution >= 0.6 is 0 Å². The van der Waals surface area contributed by atoms with Crippen molar-refractivity contribution < 1.29 is 18.9 Å². The number of nitrogens with zero attached hydrogens (tertiary/aromatic N) is 3. The standard InChI is InChI=1S/C56H53N3O4/c1-5-60-53-34-26-49(27-35-53)58(50-28-36-54(37-29-50)61-6-2)47-22-18-45(19-23-47)57(44-16-14-43(15-17-44)42-12-10-9-11-13-42)46-20-24-48(25-21-46)59(51-30-38-55(39-31-51)62-7-3)52-32-40-56(41-33-52)63-8-4/h9-41H,5-8H2,1-4H3. The van der Waals surface area contributed by atoms with Crippen molar-refractivity contribution >= 4 is 51.2 Å². The number of anilines is 9. The summed E-state index contributed by atoms with van der Waals surface area (Å²) in [7, 11) is 0. The molecule has 63 heavy (non-hydrogen) atoms. The zero-order valence-electron chi connectivity index (χ0n) is 36.4. The predicted molar refractivity (Wildman–Crippen MR) is 261 cm³/mol. The highest BCUT2D eigenvalue weighted by Gasteiger charge is 2.19. The molecule has 8 aromatic rings. The number of hydrogen-bond donors (Lipinski definition) is 0. The first-order chi connectivity index (χ1) is 31.0. The lowest BCUT2D eigenvalue weighted by Gasteiger charge is -2.29. The van der Waals surface area contributed by atoms with Crippen molar-refractivity contribution in [2.45, 2.75) is 27.7 Å². The van der Waals surface area contributed by atoms with Gasteiger partial charge in [-0.05, 0) is 197 Å². The van der Waals surface area contributed by atoms with Gasteiger partial charge in [0.1, 0.15) is 23.0 Å². The van der Waals surface area contributed by atoms with Gasteiger partial charge in [0.25, 0.3) is 0 Å². The Morgan fingerprint density at radius 3 is 0.651 bits per heavy atom. The van der Waals surface area contributed by atoms with Crippen LogP contribution in [0.4, 0.5) is 51.2 Å². The summed E-state index contributed by atoms with van der Waals surface area (Å²) in [4.78, 5) is 6.80. The molecule has 0 amide bonds. The van der Waals surface area contributed by atoms with Crippen molar-refractivity contribution in [2.75, 3.05) is 41.1 Å². The molecule has 0 saturated heterocycles. The number of ether oxygens (including phenoxy) is 4. The number of benzene rings is 8. The van der Waals surface area contributed by atoms with E-state index in [9.17, 15) is 0 Å². The molecule has 0 heterocycles. The van der Waals surface area contributed by atoms with E-state index in [1.807, 2.05) is 82.3 Å². The van der Waals surface area contributed by atoms with E-state index in [0.717, 1.165) is 79.7 Å². The fourth-order valence-corrected chi connectivity index (χ4v) is 7.71. The Morgan fingerprint density at radius 1 is 0.238 bits per heavy atom. The summed E-state index contributed by atoms with van der Waals surface area (Å²) >= 11 is 0. The van der Waals surface area contributed by atoms with Crippen LogP contribution in [0.3, 0.4) is 0 Å². The first kappa shape index (κ1) is 42.1. The van der Waals surface area contributed by atoms with Crippen LogP contribution in [-0.2, 0) is 0 Å². The molecule has 0 aliphatic carbocycles. The van der Waals surface area contributed by atoms with Crippen LogP contribution in [0.25, 0.3) is 11.1 Å². The molecule has 7 nitrogen and oxygen atoms in total. The zero-order valence-corrected chi connectivity index (χ0v) is 36.4. The first-order valence-corrected chi connectivity index (χ1v) is 21.7. The van der Waals surface area contributed by atoms with Crippen molar-refractivity contribution in [3.8, 4) is 34.1 Å². The molecule has 8 rings (SSSR count). The Balaban J connectivity index is 1.18. The Morgan fingerprint density at radius 2 is 0.429 bits per heavy atom. The highest BCUT2D eigenvalue weighted by molar-refractivity contribution is 5.84. The third-order valence-corrected chi connectivity index (χ3v) is 10.6. The fourth-order valence-electron chi connectivity index (χ4n) is 7.71. The van der Waals surface area contributed by atoms with Gasteiger partial charge in [-0.15, -0.1) is 0 Å². The fraction of sp³-hybridized carbons (Fsp3) is 0.143. The van der Waals surface area contributed by atoms with Gasteiger partial charge in [-0.2, -0.15) is 0 Å². The van der Waals surface area contributed by atoms with Gasteiger partial charge in [0.2, 0.25) is 0 Å². The maximum atomic E-state index is 5.79. The van der Waals surface area contributed by atoms with Crippen LogP contribution in [0.15, 0.2) is 200 Å². The number of rotatable bonds is 18. The van der Waals surface area contributed by atoms with Crippen molar-refractivity contribution in [2.24, 2.45) is 0 Å². The van der Waals surface area contributed by atoms with E-state index in [1.54, 1.807) is 0 Å². The summed E-state index contributed by atoms with van der Waals surface area (Å²) in [5.74, 6) is 3.35. The van der Waals surface area contributed by atoms with E-state index < -0.39 is 0 Å². The lowest BCUT2D eigenvalue weighted by Crippen LogP contribution is -2.13. The van der Waals surface area contributed by atoms with Gasteiger partial charge < -0.3 is 33.6 Å². The average Bonchev–Trinajstić information content (AvgIpc) is 3.33. The Bertz CT molecular complexity index is 2370. The molecule has 0 spiro atoms. The van der Waals surface area contributed by atoms with Crippen LogP contribution < -0.4 is 33.6 Å². The third kappa shape index (κ3) is 9.95. The predicted octanol–water partition coefficient (Wildman–Crippen LogP) is 15.4. The van der Waals surface area contributed by atoms with E-state index in [-0.39, 0.29) is 0 Å². The van der Waals surface area contributed by atoms with Crippen LogP contribution in [0, 0.1) is 0 Å². The monoisotopic (exact) mass is 831 g/mol. The SMILES string of the molecule is CCOc1ccc(N(c2ccc(OCC)cc2)c2ccc(N(c3ccc(-c4ccccc4)cc3)c3ccc(N(c4ccc(OCC)cc4)c4ccc(OCC)cc4)cc3)cc2)cc1. The lowest BCUT2D eigenvalue weighted by atomic mass is 10.0. The molecule has 0 fully saturated rings. The third-order valence-electron chi connectivity index (χ3n) is 10.6. The second-order valence-electron chi connectivity index (χ2n) is 14.7. The minimum atomic E-state index is 0.612. The van der Waals surface area contributed by atoms with Crippen molar-refractivity contribution in [3.05, 3.63) is 200 Å². The molecular formula is C56H53N3O4. The molecule has 0 unspecified atom stereocenters. The maximum Gasteiger partial charge on any atom is 0.119 e. The van der Waals surface area contributed by atoms with Gasteiger partial charge in [0.15, 0.2) is 0 Å². The molecule has 8 aromatic carbocycles. The molecule has 0 aliphatic rings. The van der Waals surface area contributed by atoms with E-state index in [0.29, 0.717) is 26.4 Å². The van der Waals surface area contributed by atoms with Crippen LogP contribution in [0.2, 0.25) is 0 Å². The van der Waals surface area contributed by atoms with E-state index >= 15 is 0 Å². The summed E-state index contributed by atoms with van der Waals surface area (Å²) in [6, 6.07) is 69.7. The van der Waals surface area contributed by atoms with E-state index in [2.05, 4.69) is 160 Å². The summed E-state index contributed by atoms with van der Waals surface area (Å²) in [6.07, 6.45) is 0. The quantitative estimate of drug-likeness (QED) is 0.0853. The highest BCUT2D eigenvalue weighted by Crippen LogP contribution is 2.42. The highest BCUT2D eigenvalue weighted by atomic mass is 16.5. The Hall–Kier alpha value is -7.64.